The first kappa shape index (κ1) is 19.9. The van der Waals surface area contributed by atoms with E-state index in [4.69, 9.17) is 23.2 Å². The van der Waals surface area contributed by atoms with Crippen LogP contribution in [0.5, 0.6) is 0 Å². The molecule has 1 atom stereocenters. The SMILES string of the molecule is O=S(=O)(NCC(Cc1ccc(Cl)cc1)c1ccc(Cl)cc1)c1ccccc1. The van der Waals surface area contributed by atoms with Gasteiger partial charge >= 0.3 is 0 Å². The number of sulfonamides is 1. The van der Waals surface area contributed by atoms with Crippen LogP contribution in [0.1, 0.15) is 17.0 Å². The maximum absolute atomic E-state index is 12.6. The molecule has 0 saturated heterocycles. The molecule has 0 aliphatic rings. The quantitative estimate of drug-likeness (QED) is 0.564. The van der Waals surface area contributed by atoms with E-state index >= 15 is 0 Å². The van der Waals surface area contributed by atoms with E-state index in [0.29, 0.717) is 16.5 Å². The van der Waals surface area contributed by atoms with Crippen LogP contribution in [-0.4, -0.2) is 15.0 Å². The number of rotatable bonds is 7. The molecule has 0 amide bonds. The van der Waals surface area contributed by atoms with Crippen molar-refractivity contribution < 1.29 is 8.42 Å². The second kappa shape index (κ2) is 8.89. The first-order chi connectivity index (χ1) is 12.9. The van der Waals surface area contributed by atoms with Crippen molar-refractivity contribution in [2.75, 3.05) is 6.54 Å². The van der Waals surface area contributed by atoms with Gasteiger partial charge in [0.05, 0.1) is 4.90 Å². The van der Waals surface area contributed by atoms with E-state index in [2.05, 4.69) is 4.72 Å². The van der Waals surface area contributed by atoms with Gasteiger partial charge in [-0.3, -0.25) is 0 Å². The number of hydrogen-bond donors (Lipinski definition) is 1. The second-order valence-electron chi connectivity index (χ2n) is 6.24. The van der Waals surface area contributed by atoms with Crippen molar-refractivity contribution in [1.82, 2.24) is 4.72 Å². The second-order valence-corrected chi connectivity index (χ2v) is 8.88. The molecule has 0 saturated carbocycles. The molecule has 0 heterocycles. The molecule has 0 bridgehead atoms. The van der Waals surface area contributed by atoms with Gasteiger partial charge in [-0.15, -0.1) is 0 Å². The van der Waals surface area contributed by atoms with E-state index in [1.54, 1.807) is 30.3 Å². The summed E-state index contributed by atoms with van der Waals surface area (Å²) in [6, 6.07) is 23.4. The van der Waals surface area contributed by atoms with Gasteiger partial charge in [0, 0.05) is 22.5 Å². The third-order valence-corrected chi connectivity index (χ3v) is 6.25. The van der Waals surface area contributed by atoms with Gasteiger partial charge in [-0.05, 0) is 53.9 Å². The Labute approximate surface area is 170 Å². The lowest BCUT2D eigenvalue weighted by Gasteiger charge is -2.19. The highest BCUT2D eigenvalue weighted by Gasteiger charge is 2.18. The van der Waals surface area contributed by atoms with E-state index in [9.17, 15) is 8.42 Å². The summed E-state index contributed by atoms with van der Waals surface area (Å²) >= 11 is 12.0. The van der Waals surface area contributed by atoms with Gasteiger partial charge in [-0.25, -0.2) is 13.1 Å². The largest absolute Gasteiger partial charge is 0.240 e. The summed E-state index contributed by atoms with van der Waals surface area (Å²) in [6.45, 7) is 0.279. The fourth-order valence-electron chi connectivity index (χ4n) is 2.84. The van der Waals surface area contributed by atoms with Gasteiger partial charge < -0.3 is 0 Å². The molecule has 3 aromatic rings. The zero-order valence-corrected chi connectivity index (χ0v) is 16.8. The Hall–Kier alpha value is -1.85. The van der Waals surface area contributed by atoms with Crippen LogP contribution in [-0.2, 0) is 16.4 Å². The number of nitrogens with one attached hydrogen (secondary N) is 1. The first-order valence-corrected chi connectivity index (χ1v) is 10.7. The molecule has 3 aromatic carbocycles. The average molecular weight is 420 g/mol. The zero-order valence-electron chi connectivity index (χ0n) is 14.5. The van der Waals surface area contributed by atoms with Crippen LogP contribution < -0.4 is 4.72 Å². The highest BCUT2D eigenvalue weighted by atomic mass is 35.5. The van der Waals surface area contributed by atoms with E-state index in [-0.39, 0.29) is 17.4 Å². The molecule has 1 unspecified atom stereocenters. The molecule has 140 valence electrons. The molecule has 27 heavy (non-hydrogen) atoms. The molecule has 0 aliphatic carbocycles. The fraction of sp³-hybridized carbons (Fsp3) is 0.143. The van der Waals surface area contributed by atoms with Crippen LogP contribution in [0, 0.1) is 0 Å². The normalized spacial score (nSPS) is 12.7. The summed E-state index contributed by atoms with van der Waals surface area (Å²) in [7, 11) is -3.57. The van der Waals surface area contributed by atoms with E-state index in [1.807, 2.05) is 48.5 Å². The Kier molecular flexibility index (Phi) is 6.55. The molecule has 0 spiro atoms. The minimum Gasteiger partial charge on any atom is -0.211 e. The van der Waals surface area contributed by atoms with Gasteiger partial charge in [0.2, 0.25) is 10.0 Å². The summed E-state index contributed by atoms with van der Waals surface area (Å²) in [5.74, 6) is -0.0399. The van der Waals surface area contributed by atoms with Crippen LogP contribution in [0.15, 0.2) is 83.8 Å². The molecular formula is C21H19Cl2NO2S. The third kappa shape index (κ3) is 5.56. The van der Waals surface area contributed by atoms with Crippen molar-refractivity contribution >= 4 is 33.2 Å². The monoisotopic (exact) mass is 419 g/mol. The Morgan fingerprint density at radius 3 is 1.93 bits per heavy atom. The number of halogens is 2. The molecule has 0 fully saturated rings. The Balaban J connectivity index is 1.81. The minimum atomic E-state index is -3.57. The van der Waals surface area contributed by atoms with Crippen LogP contribution in [0.2, 0.25) is 10.0 Å². The van der Waals surface area contributed by atoms with Crippen LogP contribution >= 0.6 is 23.2 Å². The molecule has 0 aromatic heterocycles. The maximum atomic E-state index is 12.6. The van der Waals surface area contributed by atoms with Gasteiger partial charge in [0.1, 0.15) is 0 Å². The highest BCUT2D eigenvalue weighted by Crippen LogP contribution is 2.24. The molecule has 1 N–H and O–H groups in total. The predicted octanol–water partition coefficient (Wildman–Crippen LogP) is 5.30. The number of hydrogen-bond acceptors (Lipinski definition) is 2. The fourth-order valence-corrected chi connectivity index (χ4v) is 4.20. The lowest BCUT2D eigenvalue weighted by Crippen LogP contribution is -2.29. The molecule has 0 aliphatic heterocycles. The van der Waals surface area contributed by atoms with Crippen LogP contribution in [0.25, 0.3) is 0 Å². The Bertz CT molecular complexity index is 973. The summed E-state index contributed by atoms with van der Waals surface area (Å²) < 4.78 is 27.9. The van der Waals surface area contributed by atoms with Crippen molar-refractivity contribution in [3.05, 3.63) is 100 Å². The summed E-state index contributed by atoms with van der Waals surface area (Å²) in [5, 5.41) is 1.32. The Morgan fingerprint density at radius 1 is 0.778 bits per heavy atom. The highest BCUT2D eigenvalue weighted by molar-refractivity contribution is 7.89. The van der Waals surface area contributed by atoms with Crippen LogP contribution in [0.3, 0.4) is 0 Å². The lowest BCUT2D eigenvalue weighted by atomic mass is 9.92. The summed E-state index contributed by atoms with van der Waals surface area (Å²) in [5.41, 5.74) is 2.10. The molecule has 0 radical (unpaired) electrons. The molecular weight excluding hydrogens is 401 g/mol. The summed E-state index contributed by atoms with van der Waals surface area (Å²) in [6.07, 6.45) is 0.677. The number of benzene rings is 3. The third-order valence-electron chi connectivity index (χ3n) is 4.31. The predicted molar refractivity (Wildman–Crippen MR) is 111 cm³/mol. The maximum Gasteiger partial charge on any atom is 0.240 e. The summed E-state index contributed by atoms with van der Waals surface area (Å²) in [4.78, 5) is 0.256. The van der Waals surface area contributed by atoms with Crippen molar-refractivity contribution in [3.8, 4) is 0 Å². The zero-order chi connectivity index (χ0) is 19.3. The van der Waals surface area contributed by atoms with E-state index in [0.717, 1.165) is 11.1 Å². The van der Waals surface area contributed by atoms with E-state index < -0.39 is 10.0 Å². The van der Waals surface area contributed by atoms with Crippen molar-refractivity contribution in [2.45, 2.75) is 17.2 Å². The molecule has 3 nitrogen and oxygen atoms in total. The standard InChI is InChI=1S/C21H19Cl2NO2S/c22-19-10-6-16(7-11-19)14-18(17-8-12-20(23)13-9-17)15-24-27(25,26)21-4-2-1-3-5-21/h1-13,18,24H,14-15H2. The van der Waals surface area contributed by atoms with Crippen molar-refractivity contribution in [2.24, 2.45) is 0 Å². The average Bonchev–Trinajstić information content (AvgIpc) is 2.68. The lowest BCUT2D eigenvalue weighted by molar-refractivity contribution is 0.568. The van der Waals surface area contributed by atoms with Gasteiger partial charge in [-0.2, -0.15) is 0 Å². The topological polar surface area (TPSA) is 46.2 Å². The molecule has 3 rings (SSSR count). The van der Waals surface area contributed by atoms with Gasteiger partial charge in [0.25, 0.3) is 0 Å². The van der Waals surface area contributed by atoms with Gasteiger partial charge in [0.15, 0.2) is 0 Å². The van der Waals surface area contributed by atoms with Crippen molar-refractivity contribution in [3.63, 3.8) is 0 Å². The Morgan fingerprint density at radius 2 is 1.33 bits per heavy atom. The van der Waals surface area contributed by atoms with E-state index in [1.165, 1.54) is 0 Å². The molecule has 6 heteroatoms. The first-order valence-electron chi connectivity index (χ1n) is 8.49. The van der Waals surface area contributed by atoms with Crippen molar-refractivity contribution in [1.29, 1.82) is 0 Å². The van der Waals surface area contributed by atoms with Gasteiger partial charge in [-0.1, -0.05) is 65.7 Å². The smallest absolute Gasteiger partial charge is 0.211 e. The minimum absolute atomic E-state index is 0.0399. The van der Waals surface area contributed by atoms with Crippen LogP contribution in [0.4, 0.5) is 0 Å².